The van der Waals surface area contributed by atoms with Gasteiger partial charge in [-0.15, -0.1) is 0 Å². The molecule has 0 saturated carbocycles. The third-order valence-electron chi connectivity index (χ3n) is 1.50. The first-order valence-electron chi connectivity index (χ1n) is 3.83. The van der Waals surface area contributed by atoms with Gasteiger partial charge in [0.2, 0.25) is 0 Å². The van der Waals surface area contributed by atoms with Crippen LogP contribution in [0.25, 0.3) is 0 Å². The molecule has 0 aromatic heterocycles. The maximum atomic E-state index is 5.10. The largest absolute Gasteiger partial charge is 0.355 e. The average Bonchev–Trinajstić information content (AvgIpc) is 2.08. The minimum atomic E-state index is 0.710. The summed E-state index contributed by atoms with van der Waals surface area (Å²) in [5.74, 6) is 0. The third-order valence-corrected chi connectivity index (χ3v) is 2.50. The fourth-order valence-corrected chi connectivity index (χ4v) is 1.15. The van der Waals surface area contributed by atoms with Gasteiger partial charge in [0.1, 0.15) is 0 Å². The zero-order chi connectivity index (χ0) is 9.84. The molecule has 0 aliphatic carbocycles. The molecule has 0 saturated heterocycles. The van der Waals surface area contributed by atoms with Crippen molar-refractivity contribution in [3.63, 3.8) is 0 Å². The number of rotatable bonds is 1. The van der Waals surface area contributed by atoms with Crippen molar-refractivity contribution in [3.05, 3.63) is 28.7 Å². The number of anilines is 1. The van der Waals surface area contributed by atoms with Crippen molar-refractivity contribution in [2.45, 2.75) is 0 Å². The Hall–Kier alpha value is -0.610. The zero-order valence-corrected chi connectivity index (χ0v) is 9.95. The van der Waals surface area contributed by atoms with E-state index in [1.54, 1.807) is 0 Å². The summed E-state index contributed by atoms with van der Waals surface area (Å²) < 4.78 is 1.06. The van der Waals surface area contributed by atoms with Crippen LogP contribution in [0, 0.1) is 0 Å². The molecule has 1 aromatic rings. The monoisotopic (exact) mass is 258 g/mol. The Bertz CT molecular complexity index is 295. The van der Waals surface area contributed by atoms with Crippen molar-refractivity contribution in [1.29, 1.82) is 0 Å². The predicted molar refractivity (Wildman–Crippen MR) is 64.0 cm³/mol. The zero-order valence-electron chi connectivity index (χ0n) is 7.54. The lowest BCUT2D eigenvalue weighted by molar-refractivity contribution is 0.634. The lowest BCUT2D eigenvalue weighted by Crippen LogP contribution is -2.26. The van der Waals surface area contributed by atoms with Gasteiger partial charge in [0.25, 0.3) is 0 Å². The Balaban J connectivity index is 2.65. The van der Waals surface area contributed by atoms with Crippen LogP contribution in [0.1, 0.15) is 0 Å². The van der Waals surface area contributed by atoms with E-state index in [4.69, 9.17) is 12.2 Å². The smallest absolute Gasteiger partial charge is 0.172 e. The molecule has 0 bridgehead atoms. The molecule has 2 nitrogen and oxygen atoms in total. The molecule has 0 aliphatic heterocycles. The highest BCUT2D eigenvalue weighted by molar-refractivity contribution is 9.10. The fourth-order valence-electron chi connectivity index (χ4n) is 0.769. The molecule has 0 fully saturated rings. The first-order valence-corrected chi connectivity index (χ1v) is 5.03. The number of halogens is 1. The van der Waals surface area contributed by atoms with E-state index in [9.17, 15) is 0 Å². The van der Waals surface area contributed by atoms with Crippen LogP contribution in [0.15, 0.2) is 28.7 Å². The minimum Gasteiger partial charge on any atom is -0.355 e. The molecule has 13 heavy (non-hydrogen) atoms. The summed E-state index contributed by atoms with van der Waals surface area (Å²) in [6.45, 7) is 0. The Morgan fingerprint density at radius 1 is 1.31 bits per heavy atom. The molecule has 4 heteroatoms. The summed E-state index contributed by atoms with van der Waals surface area (Å²) in [5.41, 5.74) is 1.00. The van der Waals surface area contributed by atoms with Crippen LogP contribution in [-0.4, -0.2) is 24.1 Å². The molecule has 0 amide bonds. The van der Waals surface area contributed by atoms with Crippen LogP contribution in [0.3, 0.4) is 0 Å². The second-order valence-corrected chi connectivity index (χ2v) is 4.13. The highest BCUT2D eigenvalue weighted by Gasteiger charge is 1.98. The Morgan fingerprint density at radius 3 is 2.31 bits per heavy atom. The van der Waals surface area contributed by atoms with E-state index in [0.717, 1.165) is 10.2 Å². The topological polar surface area (TPSA) is 15.3 Å². The number of benzene rings is 1. The molecular weight excluding hydrogens is 248 g/mol. The summed E-state index contributed by atoms with van der Waals surface area (Å²) in [6, 6.07) is 7.89. The SMILES string of the molecule is CN(C)C(=S)Nc1ccc(Br)cc1. The fraction of sp³-hybridized carbons (Fsp3) is 0.222. The second kappa shape index (κ2) is 4.58. The van der Waals surface area contributed by atoms with Crippen LogP contribution < -0.4 is 5.32 Å². The van der Waals surface area contributed by atoms with Crippen molar-refractivity contribution >= 4 is 38.9 Å². The standard InChI is InChI=1S/C9H11BrN2S/c1-12(2)9(13)11-8-5-3-7(10)4-6-8/h3-6H,1-2H3,(H,11,13). The molecule has 0 atom stereocenters. The molecule has 1 aromatic carbocycles. The maximum absolute atomic E-state index is 5.10. The first kappa shape index (κ1) is 10.5. The van der Waals surface area contributed by atoms with Crippen molar-refractivity contribution < 1.29 is 0 Å². The molecular formula is C9H11BrN2S. The van der Waals surface area contributed by atoms with Gasteiger partial charge in [-0.1, -0.05) is 15.9 Å². The lowest BCUT2D eigenvalue weighted by Gasteiger charge is -2.15. The van der Waals surface area contributed by atoms with E-state index in [0.29, 0.717) is 5.11 Å². The molecule has 0 unspecified atom stereocenters. The number of nitrogens with one attached hydrogen (secondary N) is 1. The van der Waals surface area contributed by atoms with Crippen molar-refractivity contribution in [1.82, 2.24) is 4.90 Å². The van der Waals surface area contributed by atoms with Gasteiger partial charge >= 0.3 is 0 Å². The van der Waals surface area contributed by atoms with Gasteiger partial charge in [-0.3, -0.25) is 0 Å². The molecule has 0 aliphatic rings. The number of hydrogen-bond acceptors (Lipinski definition) is 1. The quantitative estimate of drug-likeness (QED) is 0.781. The highest BCUT2D eigenvalue weighted by Crippen LogP contribution is 2.14. The van der Waals surface area contributed by atoms with Crippen LogP contribution in [-0.2, 0) is 0 Å². The first-order chi connectivity index (χ1) is 6.09. The van der Waals surface area contributed by atoms with Crippen LogP contribution in [0.5, 0.6) is 0 Å². The van der Waals surface area contributed by atoms with Gasteiger partial charge in [0.15, 0.2) is 5.11 Å². The van der Waals surface area contributed by atoms with Gasteiger partial charge in [-0.25, -0.2) is 0 Å². The van der Waals surface area contributed by atoms with Gasteiger partial charge in [-0.2, -0.15) is 0 Å². The van der Waals surface area contributed by atoms with Gasteiger partial charge in [0.05, 0.1) is 0 Å². The molecule has 0 radical (unpaired) electrons. The Labute approximate surface area is 92.1 Å². The average molecular weight is 259 g/mol. The van der Waals surface area contributed by atoms with Crippen LogP contribution in [0.2, 0.25) is 0 Å². The van der Waals surface area contributed by atoms with Crippen molar-refractivity contribution in [3.8, 4) is 0 Å². The summed E-state index contributed by atoms with van der Waals surface area (Å²) in [5, 5.41) is 3.82. The van der Waals surface area contributed by atoms with Crippen molar-refractivity contribution in [2.75, 3.05) is 19.4 Å². The van der Waals surface area contributed by atoms with Gasteiger partial charge in [0, 0.05) is 24.3 Å². The predicted octanol–water partition coefficient (Wildman–Crippen LogP) is 2.71. The third kappa shape index (κ3) is 3.32. The summed E-state index contributed by atoms with van der Waals surface area (Å²) in [7, 11) is 3.82. The molecule has 0 heterocycles. The van der Waals surface area contributed by atoms with Crippen molar-refractivity contribution in [2.24, 2.45) is 0 Å². The number of nitrogens with zero attached hydrogens (tertiary/aromatic N) is 1. The maximum Gasteiger partial charge on any atom is 0.172 e. The Morgan fingerprint density at radius 2 is 1.85 bits per heavy atom. The normalized spacial score (nSPS) is 9.46. The molecule has 70 valence electrons. The lowest BCUT2D eigenvalue weighted by atomic mass is 10.3. The van der Waals surface area contributed by atoms with E-state index < -0.39 is 0 Å². The summed E-state index contributed by atoms with van der Waals surface area (Å²) in [6.07, 6.45) is 0. The Kier molecular flexibility index (Phi) is 3.69. The summed E-state index contributed by atoms with van der Waals surface area (Å²) >= 11 is 8.47. The van der Waals surface area contributed by atoms with E-state index in [1.165, 1.54) is 0 Å². The molecule has 1 N–H and O–H groups in total. The van der Waals surface area contributed by atoms with E-state index in [2.05, 4.69) is 21.2 Å². The summed E-state index contributed by atoms with van der Waals surface area (Å²) in [4.78, 5) is 1.86. The number of hydrogen-bond donors (Lipinski definition) is 1. The number of thiocarbonyl (C=S) groups is 1. The van der Waals surface area contributed by atoms with Gasteiger partial charge in [-0.05, 0) is 36.5 Å². The van der Waals surface area contributed by atoms with E-state index in [-0.39, 0.29) is 0 Å². The highest BCUT2D eigenvalue weighted by atomic mass is 79.9. The second-order valence-electron chi connectivity index (χ2n) is 2.83. The minimum absolute atomic E-state index is 0.710. The van der Waals surface area contributed by atoms with E-state index in [1.807, 2.05) is 43.3 Å². The van der Waals surface area contributed by atoms with Crippen LogP contribution in [0.4, 0.5) is 5.69 Å². The molecule has 1 rings (SSSR count). The van der Waals surface area contributed by atoms with E-state index >= 15 is 0 Å². The molecule has 0 spiro atoms. The van der Waals surface area contributed by atoms with Crippen LogP contribution >= 0.6 is 28.1 Å². The van der Waals surface area contributed by atoms with Gasteiger partial charge < -0.3 is 10.2 Å².